The zero-order valence-corrected chi connectivity index (χ0v) is 28.2. The van der Waals surface area contributed by atoms with Gasteiger partial charge < -0.3 is 14.1 Å². The van der Waals surface area contributed by atoms with Crippen molar-refractivity contribution in [3.63, 3.8) is 0 Å². The number of pyridine rings is 2. The molecule has 3 aromatic heterocycles. The fourth-order valence-corrected chi connectivity index (χ4v) is 5.98. The van der Waals surface area contributed by atoms with Gasteiger partial charge in [0.25, 0.3) is 0 Å². The fourth-order valence-electron chi connectivity index (χ4n) is 4.22. The fraction of sp³-hybridized carbons (Fsp3) is 0.469. The summed E-state index contributed by atoms with van der Waals surface area (Å²) in [6.45, 7) is 19.2. The second kappa shape index (κ2) is 12.2. The predicted molar refractivity (Wildman–Crippen MR) is 174 cm³/mol. The molecule has 0 spiro atoms. The Morgan fingerprint density at radius 1 is 1.00 bits per heavy atom. The van der Waals surface area contributed by atoms with Gasteiger partial charge in [-0.05, 0) is 75.7 Å². The molecule has 3 heterocycles. The monoisotopic (exact) mass is 607 g/mol. The zero-order chi connectivity index (χ0) is 30.9. The molecular formula is C32H45N5O3SSi. The van der Waals surface area contributed by atoms with Crippen molar-refractivity contribution in [1.29, 1.82) is 0 Å². The van der Waals surface area contributed by atoms with Crippen molar-refractivity contribution in [3.8, 4) is 17.1 Å². The molecule has 0 aliphatic carbocycles. The van der Waals surface area contributed by atoms with Gasteiger partial charge in [0, 0.05) is 22.3 Å². The second-order valence-corrected chi connectivity index (χ2v) is 20.1. The summed E-state index contributed by atoms with van der Waals surface area (Å²) in [4.78, 5) is 9.72. The molecule has 8 nitrogen and oxygen atoms in total. The summed E-state index contributed by atoms with van der Waals surface area (Å²) in [7, 11) is -1.91. The molecule has 2 N–H and O–H groups in total. The first kappa shape index (κ1) is 32.3. The van der Waals surface area contributed by atoms with Crippen molar-refractivity contribution in [2.45, 2.75) is 96.5 Å². The van der Waals surface area contributed by atoms with Crippen LogP contribution < -0.4 is 4.72 Å². The van der Waals surface area contributed by atoms with Crippen LogP contribution in [0.4, 0.5) is 0 Å². The Kier molecular flexibility index (Phi) is 9.37. The van der Waals surface area contributed by atoms with Crippen LogP contribution >= 0.6 is 0 Å². The largest absolute Gasteiger partial charge is 0.598 e. The summed E-state index contributed by atoms with van der Waals surface area (Å²) in [5.74, 6) is 0.714. The van der Waals surface area contributed by atoms with Gasteiger partial charge in [-0.3, -0.25) is 0 Å². The van der Waals surface area contributed by atoms with E-state index in [-0.39, 0.29) is 5.04 Å². The van der Waals surface area contributed by atoms with E-state index in [0.29, 0.717) is 36.7 Å². The van der Waals surface area contributed by atoms with Gasteiger partial charge in [-0.25, -0.2) is 14.6 Å². The van der Waals surface area contributed by atoms with Crippen LogP contribution in [0, 0.1) is 0 Å². The van der Waals surface area contributed by atoms with E-state index in [9.17, 15) is 9.66 Å². The Hall–Kier alpha value is -2.60. The van der Waals surface area contributed by atoms with Crippen molar-refractivity contribution in [2.24, 2.45) is 0 Å². The molecule has 226 valence electrons. The Bertz CT molecular complexity index is 1530. The van der Waals surface area contributed by atoms with Gasteiger partial charge in [0.05, 0.1) is 35.4 Å². The number of nitrogens with one attached hydrogen (secondary N) is 1. The maximum absolute atomic E-state index is 12.9. The van der Waals surface area contributed by atoms with Gasteiger partial charge in [0.1, 0.15) is 4.75 Å². The average molecular weight is 608 g/mol. The van der Waals surface area contributed by atoms with E-state index in [2.05, 4.69) is 43.7 Å². The number of rotatable bonds is 10. The Labute approximate surface area is 254 Å². The van der Waals surface area contributed by atoms with Gasteiger partial charge in [-0.1, -0.05) is 58.4 Å². The Morgan fingerprint density at radius 3 is 2.38 bits per heavy atom. The first-order chi connectivity index (χ1) is 19.5. The standard InChI is InChI=1S/C32H45N5O3SSi/c1-10-19-32(38,36-41(39)30(2,3)4)28-15-12-14-26(35-28)23-17-18-24-21-33-37(27(24)20-23)29-16-11-13-25(34-29)22-40-42(8,9)31(5,6)7/h11-18,20-21,36,38H,10,19,22H2,1-9H3/t32-,41?/m0/s1. The summed E-state index contributed by atoms with van der Waals surface area (Å²) < 4.78 is 23.6. The highest BCUT2D eigenvalue weighted by molar-refractivity contribution is 7.90. The molecule has 1 unspecified atom stereocenters. The highest BCUT2D eigenvalue weighted by atomic mass is 32.2. The number of fused-ring (bicyclic) bond motifs is 1. The maximum Gasteiger partial charge on any atom is 0.200 e. The molecule has 2 atom stereocenters. The van der Waals surface area contributed by atoms with Crippen LogP contribution in [0.15, 0.2) is 60.8 Å². The van der Waals surface area contributed by atoms with Gasteiger partial charge in [-0.15, -0.1) is 4.72 Å². The van der Waals surface area contributed by atoms with Crippen molar-refractivity contribution in [3.05, 3.63) is 72.2 Å². The number of benzene rings is 1. The topological polar surface area (TPSA) is 108 Å². The molecule has 0 radical (unpaired) electrons. The molecule has 0 fully saturated rings. The van der Waals surface area contributed by atoms with E-state index in [1.807, 2.05) is 87.1 Å². The van der Waals surface area contributed by atoms with E-state index < -0.39 is 30.2 Å². The predicted octanol–water partition coefficient (Wildman–Crippen LogP) is 7.00. The Balaban J connectivity index is 1.66. The SMILES string of the molecule is CCC[C@@](O)(N[S+]([O-])C(C)(C)C)c1cccc(-c2ccc3cnn(-c4cccc(CO[Si](C)(C)C(C)(C)C)n4)c3c2)n1. The van der Waals surface area contributed by atoms with E-state index in [0.717, 1.165) is 22.2 Å². The molecule has 0 bridgehead atoms. The van der Waals surface area contributed by atoms with E-state index in [4.69, 9.17) is 14.4 Å². The first-order valence-corrected chi connectivity index (χ1v) is 18.6. The molecule has 42 heavy (non-hydrogen) atoms. The van der Waals surface area contributed by atoms with Crippen LogP contribution in [0.25, 0.3) is 28.0 Å². The third-order valence-electron chi connectivity index (χ3n) is 7.87. The van der Waals surface area contributed by atoms with Gasteiger partial charge in [-0.2, -0.15) is 5.10 Å². The van der Waals surface area contributed by atoms with Crippen LogP contribution in [-0.4, -0.2) is 42.5 Å². The smallest absolute Gasteiger partial charge is 0.200 e. The molecule has 10 heteroatoms. The second-order valence-electron chi connectivity index (χ2n) is 13.4. The average Bonchev–Trinajstić information content (AvgIpc) is 3.34. The third kappa shape index (κ3) is 7.12. The normalized spacial score (nSPS) is 15.1. The summed E-state index contributed by atoms with van der Waals surface area (Å²) in [5.41, 5.74) is 2.24. The number of hydrogen-bond donors (Lipinski definition) is 2. The molecule has 0 aliphatic rings. The molecular weight excluding hydrogens is 563 g/mol. The lowest BCUT2D eigenvalue weighted by Gasteiger charge is -2.36. The van der Waals surface area contributed by atoms with Crippen LogP contribution in [0.2, 0.25) is 18.1 Å². The summed E-state index contributed by atoms with van der Waals surface area (Å²) in [6, 6.07) is 17.5. The lowest BCUT2D eigenvalue weighted by molar-refractivity contribution is 0.0101. The molecule has 4 aromatic rings. The van der Waals surface area contributed by atoms with Crippen LogP contribution in [-0.2, 0) is 28.1 Å². The lowest BCUT2D eigenvalue weighted by atomic mass is 10.0. The van der Waals surface area contributed by atoms with E-state index in [1.165, 1.54) is 0 Å². The molecule has 0 saturated carbocycles. The van der Waals surface area contributed by atoms with Crippen molar-refractivity contribution in [1.82, 2.24) is 24.5 Å². The maximum atomic E-state index is 12.9. The molecule has 1 aromatic carbocycles. The van der Waals surface area contributed by atoms with Crippen LogP contribution in [0.5, 0.6) is 0 Å². The third-order valence-corrected chi connectivity index (χ3v) is 14.0. The lowest BCUT2D eigenvalue weighted by Crippen LogP contribution is -2.51. The Morgan fingerprint density at radius 2 is 1.71 bits per heavy atom. The summed E-state index contributed by atoms with van der Waals surface area (Å²) in [5, 5.41) is 17.3. The zero-order valence-electron chi connectivity index (χ0n) is 26.4. The van der Waals surface area contributed by atoms with Gasteiger partial charge in [0.15, 0.2) is 19.9 Å². The number of aliphatic hydroxyl groups is 1. The highest BCUT2D eigenvalue weighted by Crippen LogP contribution is 2.37. The molecule has 0 amide bonds. The molecule has 0 aliphatic heterocycles. The molecule has 4 rings (SSSR count). The van der Waals surface area contributed by atoms with Crippen LogP contribution in [0.3, 0.4) is 0 Å². The van der Waals surface area contributed by atoms with E-state index in [1.54, 1.807) is 6.07 Å². The van der Waals surface area contributed by atoms with Crippen LogP contribution in [0.1, 0.15) is 72.7 Å². The first-order valence-electron chi connectivity index (χ1n) is 14.5. The minimum atomic E-state index is -1.91. The molecule has 0 saturated heterocycles. The van der Waals surface area contributed by atoms with E-state index >= 15 is 0 Å². The van der Waals surface area contributed by atoms with Crippen molar-refractivity contribution >= 4 is 30.6 Å². The van der Waals surface area contributed by atoms with Crippen molar-refractivity contribution in [2.75, 3.05) is 0 Å². The highest BCUT2D eigenvalue weighted by Gasteiger charge is 2.40. The number of nitrogens with zero attached hydrogens (tertiary/aromatic N) is 4. The summed E-state index contributed by atoms with van der Waals surface area (Å²) >= 11 is -1.48. The van der Waals surface area contributed by atoms with Gasteiger partial charge >= 0.3 is 0 Å². The number of aromatic nitrogens is 4. The summed E-state index contributed by atoms with van der Waals surface area (Å²) in [6.07, 6.45) is 2.89. The quantitative estimate of drug-likeness (QED) is 0.113. The van der Waals surface area contributed by atoms with Gasteiger partial charge in [0.2, 0.25) is 0 Å². The van der Waals surface area contributed by atoms with Crippen molar-refractivity contribution < 1.29 is 14.1 Å². The minimum absolute atomic E-state index is 0.122. The minimum Gasteiger partial charge on any atom is -0.598 e. The number of hydrogen-bond acceptors (Lipinski definition) is 7.